The molecule has 0 fully saturated rings. The molecule has 0 unspecified atom stereocenters. The molecule has 1 aliphatic rings. The SMILES string of the molecule is CN(Cc1cccc2ncccc12)C(=O)/C=C/c1ccc2c(n1)NC(=O)CC2. The van der Waals surface area contributed by atoms with Crippen LogP contribution in [0.3, 0.4) is 0 Å². The van der Waals surface area contributed by atoms with E-state index in [1.807, 2.05) is 42.5 Å². The molecular weight excluding hydrogens is 352 g/mol. The van der Waals surface area contributed by atoms with Crippen LogP contribution in [0.25, 0.3) is 17.0 Å². The van der Waals surface area contributed by atoms with Crippen LogP contribution in [0.15, 0.2) is 54.7 Å². The van der Waals surface area contributed by atoms with E-state index in [9.17, 15) is 9.59 Å². The zero-order chi connectivity index (χ0) is 19.5. The number of carbonyl (C=O) groups excluding carboxylic acids is 2. The third-order valence-corrected chi connectivity index (χ3v) is 4.80. The van der Waals surface area contributed by atoms with Crippen molar-refractivity contribution in [1.29, 1.82) is 0 Å². The molecule has 1 aromatic carbocycles. The van der Waals surface area contributed by atoms with Crippen LogP contribution in [0.4, 0.5) is 5.82 Å². The van der Waals surface area contributed by atoms with Gasteiger partial charge in [0, 0.05) is 37.7 Å². The third kappa shape index (κ3) is 3.76. The highest BCUT2D eigenvalue weighted by molar-refractivity contribution is 5.94. The van der Waals surface area contributed by atoms with Gasteiger partial charge in [0.25, 0.3) is 0 Å². The maximum absolute atomic E-state index is 12.5. The van der Waals surface area contributed by atoms with Crippen LogP contribution < -0.4 is 5.32 Å². The zero-order valence-corrected chi connectivity index (χ0v) is 15.6. The number of hydrogen-bond acceptors (Lipinski definition) is 4. The van der Waals surface area contributed by atoms with Crippen molar-refractivity contribution in [2.24, 2.45) is 0 Å². The lowest BCUT2D eigenvalue weighted by molar-refractivity contribution is -0.125. The first-order valence-electron chi connectivity index (χ1n) is 9.16. The summed E-state index contributed by atoms with van der Waals surface area (Å²) in [4.78, 5) is 34.5. The molecule has 1 N–H and O–H groups in total. The average molecular weight is 372 g/mol. The van der Waals surface area contributed by atoms with Gasteiger partial charge in [0.2, 0.25) is 11.8 Å². The molecule has 0 atom stereocenters. The van der Waals surface area contributed by atoms with Gasteiger partial charge in [-0.25, -0.2) is 4.98 Å². The van der Waals surface area contributed by atoms with Gasteiger partial charge >= 0.3 is 0 Å². The van der Waals surface area contributed by atoms with Crippen molar-refractivity contribution in [2.45, 2.75) is 19.4 Å². The number of hydrogen-bond donors (Lipinski definition) is 1. The number of nitrogens with one attached hydrogen (secondary N) is 1. The summed E-state index contributed by atoms with van der Waals surface area (Å²) in [6.45, 7) is 0.486. The summed E-state index contributed by atoms with van der Waals surface area (Å²) in [7, 11) is 1.77. The maximum Gasteiger partial charge on any atom is 0.246 e. The van der Waals surface area contributed by atoms with Crippen LogP contribution in [-0.2, 0) is 22.6 Å². The molecule has 0 spiro atoms. The fraction of sp³-hybridized carbons (Fsp3) is 0.182. The number of pyridine rings is 2. The summed E-state index contributed by atoms with van der Waals surface area (Å²) in [5, 5.41) is 3.82. The molecule has 3 heterocycles. The smallest absolute Gasteiger partial charge is 0.246 e. The van der Waals surface area contributed by atoms with Crippen LogP contribution in [0.5, 0.6) is 0 Å². The Labute approximate surface area is 162 Å². The molecule has 140 valence electrons. The van der Waals surface area contributed by atoms with E-state index in [0.29, 0.717) is 30.9 Å². The number of fused-ring (bicyclic) bond motifs is 2. The quantitative estimate of drug-likeness (QED) is 0.714. The van der Waals surface area contributed by atoms with Gasteiger partial charge in [-0.3, -0.25) is 14.6 Å². The third-order valence-electron chi connectivity index (χ3n) is 4.80. The minimum absolute atomic E-state index is 0.0264. The molecule has 0 saturated carbocycles. The van der Waals surface area contributed by atoms with Crippen molar-refractivity contribution in [3.63, 3.8) is 0 Å². The normalized spacial score (nSPS) is 13.4. The number of aryl methyl sites for hydroxylation is 1. The monoisotopic (exact) mass is 372 g/mol. The van der Waals surface area contributed by atoms with Gasteiger partial charge in [-0.15, -0.1) is 0 Å². The van der Waals surface area contributed by atoms with E-state index in [4.69, 9.17) is 0 Å². The summed E-state index contributed by atoms with van der Waals surface area (Å²) in [6.07, 6.45) is 6.11. The van der Waals surface area contributed by atoms with E-state index >= 15 is 0 Å². The molecule has 1 aliphatic heterocycles. The number of anilines is 1. The zero-order valence-electron chi connectivity index (χ0n) is 15.6. The molecule has 0 radical (unpaired) electrons. The van der Waals surface area contributed by atoms with Crippen LogP contribution >= 0.6 is 0 Å². The maximum atomic E-state index is 12.5. The van der Waals surface area contributed by atoms with E-state index in [-0.39, 0.29) is 11.8 Å². The van der Waals surface area contributed by atoms with Crippen LogP contribution in [-0.4, -0.2) is 33.7 Å². The van der Waals surface area contributed by atoms with Gasteiger partial charge in [0.05, 0.1) is 11.2 Å². The second kappa shape index (κ2) is 7.60. The van der Waals surface area contributed by atoms with Crippen molar-refractivity contribution in [3.8, 4) is 0 Å². The Morgan fingerprint density at radius 2 is 2.07 bits per heavy atom. The number of amides is 2. The Balaban J connectivity index is 1.47. The highest BCUT2D eigenvalue weighted by atomic mass is 16.2. The predicted octanol–water partition coefficient (Wildman–Crippen LogP) is 3.19. The lowest BCUT2D eigenvalue weighted by Gasteiger charge is -2.17. The topological polar surface area (TPSA) is 75.2 Å². The van der Waals surface area contributed by atoms with Gasteiger partial charge in [0.15, 0.2) is 0 Å². The number of aromatic nitrogens is 2. The summed E-state index contributed by atoms with van der Waals surface area (Å²) in [6, 6.07) is 13.6. The first kappa shape index (κ1) is 17.9. The standard InChI is InChI=1S/C22H20N4O2/c1-26(14-16-4-2-6-19-18(16)5-3-13-23-19)21(28)12-10-17-9-7-15-8-11-20(27)25-22(15)24-17/h2-7,9-10,12-13H,8,11,14H2,1H3,(H,24,25,27)/b12-10+. The minimum Gasteiger partial charge on any atom is -0.338 e. The highest BCUT2D eigenvalue weighted by Crippen LogP contribution is 2.21. The minimum atomic E-state index is -0.121. The summed E-state index contributed by atoms with van der Waals surface area (Å²) < 4.78 is 0. The number of likely N-dealkylation sites (N-methyl/N-ethyl adjacent to an activating group) is 1. The van der Waals surface area contributed by atoms with Crippen LogP contribution in [0.2, 0.25) is 0 Å². The molecule has 0 bridgehead atoms. The predicted molar refractivity (Wildman–Crippen MR) is 108 cm³/mol. The average Bonchev–Trinajstić information content (AvgIpc) is 2.72. The van der Waals surface area contributed by atoms with E-state index in [1.165, 1.54) is 6.08 Å². The first-order chi connectivity index (χ1) is 13.6. The summed E-state index contributed by atoms with van der Waals surface area (Å²) in [5.41, 5.74) is 3.61. The van der Waals surface area contributed by atoms with Gasteiger partial charge in [-0.1, -0.05) is 24.3 Å². The first-order valence-corrected chi connectivity index (χ1v) is 9.16. The molecular formula is C22H20N4O2. The molecule has 2 amide bonds. The van der Waals surface area contributed by atoms with E-state index in [1.54, 1.807) is 24.2 Å². The molecule has 28 heavy (non-hydrogen) atoms. The molecule has 6 heteroatoms. The van der Waals surface area contributed by atoms with Gasteiger partial charge in [0.1, 0.15) is 5.82 Å². The van der Waals surface area contributed by atoms with Crippen molar-refractivity contribution in [1.82, 2.24) is 14.9 Å². The second-order valence-corrected chi connectivity index (χ2v) is 6.81. The number of rotatable bonds is 4. The Kier molecular flexibility index (Phi) is 4.85. The Hall–Kier alpha value is -3.54. The molecule has 3 aromatic rings. The Bertz CT molecular complexity index is 1090. The second-order valence-electron chi connectivity index (χ2n) is 6.81. The molecule has 0 aliphatic carbocycles. The lowest BCUT2D eigenvalue weighted by atomic mass is 10.1. The lowest BCUT2D eigenvalue weighted by Crippen LogP contribution is -2.24. The van der Waals surface area contributed by atoms with Gasteiger partial charge in [-0.2, -0.15) is 0 Å². The fourth-order valence-electron chi connectivity index (χ4n) is 3.27. The van der Waals surface area contributed by atoms with E-state index in [0.717, 1.165) is 22.0 Å². The van der Waals surface area contributed by atoms with Crippen LogP contribution in [0.1, 0.15) is 23.2 Å². The molecule has 4 rings (SSSR count). The molecule has 2 aromatic heterocycles. The number of benzene rings is 1. The number of nitrogens with zero attached hydrogens (tertiary/aromatic N) is 3. The summed E-state index contributed by atoms with van der Waals surface area (Å²) >= 11 is 0. The van der Waals surface area contributed by atoms with Gasteiger partial charge < -0.3 is 10.2 Å². The highest BCUT2D eigenvalue weighted by Gasteiger charge is 2.15. The van der Waals surface area contributed by atoms with Crippen LogP contribution in [0, 0.1) is 0 Å². The van der Waals surface area contributed by atoms with E-state index in [2.05, 4.69) is 15.3 Å². The largest absolute Gasteiger partial charge is 0.338 e. The van der Waals surface area contributed by atoms with Crippen molar-refractivity contribution >= 4 is 34.6 Å². The molecule has 6 nitrogen and oxygen atoms in total. The molecule has 0 saturated heterocycles. The van der Waals surface area contributed by atoms with Crippen molar-refractivity contribution < 1.29 is 9.59 Å². The van der Waals surface area contributed by atoms with Crippen molar-refractivity contribution in [2.75, 3.05) is 12.4 Å². The van der Waals surface area contributed by atoms with Gasteiger partial charge in [-0.05, 0) is 41.8 Å². The Morgan fingerprint density at radius 3 is 2.96 bits per heavy atom. The number of carbonyl (C=O) groups is 2. The Morgan fingerprint density at radius 1 is 1.18 bits per heavy atom. The fourth-order valence-corrected chi connectivity index (χ4v) is 3.27. The van der Waals surface area contributed by atoms with Crippen molar-refractivity contribution in [3.05, 3.63) is 71.6 Å². The summed E-state index contributed by atoms with van der Waals surface area (Å²) in [5.74, 6) is 0.438. The van der Waals surface area contributed by atoms with E-state index < -0.39 is 0 Å².